The second-order valence-corrected chi connectivity index (χ2v) is 7.03. The van der Waals surface area contributed by atoms with Gasteiger partial charge >= 0.3 is 0 Å². The molecule has 0 aromatic carbocycles. The van der Waals surface area contributed by atoms with Gasteiger partial charge in [0.25, 0.3) is 0 Å². The van der Waals surface area contributed by atoms with Crippen LogP contribution in [0.3, 0.4) is 0 Å². The lowest BCUT2D eigenvalue weighted by atomic mass is 10.1. The number of carbonyl (C=O) groups is 1. The van der Waals surface area contributed by atoms with E-state index in [2.05, 4.69) is 25.3 Å². The number of carbonyl (C=O) groups excluding carboxylic acids is 1. The molecule has 7 nitrogen and oxygen atoms in total. The van der Waals surface area contributed by atoms with Gasteiger partial charge in [0.05, 0.1) is 11.2 Å². The van der Waals surface area contributed by atoms with Crippen molar-refractivity contribution in [3.63, 3.8) is 0 Å². The lowest BCUT2D eigenvalue weighted by Crippen LogP contribution is -2.39. The van der Waals surface area contributed by atoms with Crippen molar-refractivity contribution in [2.45, 2.75) is 25.3 Å². The number of likely N-dealkylation sites (N-methyl/N-ethyl adjacent to an activating group) is 1. The van der Waals surface area contributed by atoms with Crippen LogP contribution in [0.1, 0.15) is 19.3 Å². The SMILES string of the molecule is CN1CCCC[C@H](Nc2nc(-c3c[nH]c4ncc(Cl)cc34)ncc2F)C1=O. The number of aromatic amines is 1. The molecular formula is C18H18ClFN6O. The number of hydrogen-bond donors (Lipinski definition) is 2. The number of hydrogen-bond acceptors (Lipinski definition) is 5. The molecule has 4 heterocycles. The van der Waals surface area contributed by atoms with Crippen LogP contribution in [0, 0.1) is 5.82 Å². The topological polar surface area (TPSA) is 86.8 Å². The summed E-state index contributed by atoms with van der Waals surface area (Å²) in [6.07, 6.45) is 6.80. The van der Waals surface area contributed by atoms with Crippen LogP contribution >= 0.6 is 11.6 Å². The average Bonchev–Trinajstić information content (AvgIpc) is 3.00. The highest BCUT2D eigenvalue weighted by atomic mass is 35.5. The number of nitrogens with one attached hydrogen (secondary N) is 2. The van der Waals surface area contributed by atoms with Gasteiger partial charge in [0.15, 0.2) is 17.5 Å². The predicted molar refractivity (Wildman–Crippen MR) is 101 cm³/mol. The van der Waals surface area contributed by atoms with Gasteiger partial charge < -0.3 is 15.2 Å². The Morgan fingerprint density at radius 3 is 3.04 bits per heavy atom. The standard InChI is InChI=1S/C18H18ClFN6O/c1-26-5-3-2-4-14(18(26)27)24-17-13(20)9-23-16(25-17)12-8-22-15-11(12)6-10(19)7-21-15/h6-9,14H,2-5H2,1H3,(H,21,22)(H,23,24,25)/t14-/m0/s1. The molecule has 140 valence electrons. The summed E-state index contributed by atoms with van der Waals surface area (Å²) in [7, 11) is 1.76. The minimum Gasteiger partial charge on any atom is -0.356 e. The summed E-state index contributed by atoms with van der Waals surface area (Å²) in [6, 6.07) is 1.24. The van der Waals surface area contributed by atoms with Gasteiger partial charge in [-0.3, -0.25) is 4.79 Å². The number of nitrogens with zero attached hydrogens (tertiary/aromatic N) is 4. The van der Waals surface area contributed by atoms with Crippen LogP contribution in [0.25, 0.3) is 22.4 Å². The Morgan fingerprint density at radius 1 is 1.33 bits per heavy atom. The maximum absolute atomic E-state index is 14.3. The Balaban J connectivity index is 1.69. The van der Waals surface area contributed by atoms with Gasteiger partial charge in [-0.15, -0.1) is 0 Å². The summed E-state index contributed by atoms with van der Waals surface area (Å²) in [5.74, 6) is -0.328. The van der Waals surface area contributed by atoms with Crippen LogP contribution in [0.15, 0.2) is 24.7 Å². The van der Waals surface area contributed by atoms with Crippen LogP contribution < -0.4 is 5.32 Å². The van der Waals surface area contributed by atoms with E-state index < -0.39 is 11.9 Å². The zero-order valence-electron chi connectivity index (χ0n) is 14.7. The molecule has 0 radical (unpaired) electrons. The molecule has 0 spiro atoms. The van der Waals surface area contributed by atoms with Gasteiger partial charge in [-0.25, -0.2) is 19.3 Å². The Hall–Kier alpha value is -2.74. The van der Waals surface area contributed by atoms with E-state index in [0.29, 0.717) is 35.0 Å². The molecule has 1 atom stereocenters. The molecule has 1 aliphatic heterocycles. The second-order valence-electron chi connectivity index (χ2n) is 6.59. The first-order chi connectivity index (χ1) is 13.0. The zero-order chi connectivity index (χ0) is 19.0. The van der Waals surface area contributed by atoms with Crippen molar-refractivity contribution in [3.8, 4) is 11.4 Å². The normalized spacial score (nSPS) is 18.0. The van der Waals surface area contributed by atoms with Gasteiger partial charge in [-0.2, -0.15) is 0 Å². The quantitative estimate of drug-likeness (QED) is 0.719. The number of halogens is 2. The van der Waals surface area contributed by atoms with Crippen molar-refractivity contribution < 1.29 is 9.18 Å². The number of H-pyrrole nitrogens is 1. The number of fused-ring (bicyclic) bond motifs is 1. The first-order valence-electron chi connectivity index (χ1n) is 8.70. The van der Waals surface area contributed by atoms with Crippen LogP contribution in [0.2, 0.25) is 5.02 Å². The third-order valence-corrected chi connectivity index (χ3v) is 4.91. The minimum absolute atomic E-state index is 0.0120. The van der Waals surface area contributed by atoms with E-state index in [1.54, 1.807) is 24.2 Å². The molecule has 0 unspecified atom stereocenters. The fourth-order valence-corrected chi connectivity index (χ4v) is 3.41. The highest BCUT2D eigenvalue weighted by Crippen LogP contribution is 2.28. The summed E-state index contributed by atoms with van der Waals surface area (Å²) < 4.78 is 14.3. The zero-order valence-corrected chi connectivity index (χ0v) is 15.4. The Labute approximate surface area is 160 Å². The molecule has 1 aliphatic rings. The van der Waals surface area contributed by atoms with Crippen LogP contribution in [0.4, 0.5) is 10.2 Å². The Kier molecular flexibility index (Phi) is 4.65. The van der Waals surface area contributed by atoms with Gasteiger partial charge in [0.2, 0.25) is 5.91 Å². The maximum atomic E-state index is 14.3. The van der Waals surface area contributed by atoms with E-state index in [9.17, 15) is 9.18 Å². The van der Waals surface area contributed by atoms with Crippen molar-refractivity contribution in [2.24, 2.45) is 0 Å². The highest BCUT2D eigenvalue weighted by molar-refractivity contribution is 6.31. The summed E-state index contributed by atoms with van der Waals surface area (Å²) in [6.45, 7) is 0.706. The van der Waals surface area contributed by atoms with Gasteiger partial charge in [0.1, 0.15) is 11.7 Å². The average molecular weight is 389 g/mol. The van der Waals surface area contributed by atoms with Gasteiger partial charge in [-0.05, 0) is 25.3 Å². The third kappa shape index (κ3) is 3.44. The lowest BCUT2D eigenvalue weighted by Gasteiger charge is -2.21. The summed E-state index contributed by atoms with van der Waals surface area (Å²) in [4.78, 5) is 29.8. The van der Waals surface area contributed by atoms with Crippen molar-refractivity contribution >= 4 is 34.4 Å². The molecule has 3 aromatic heterocycles. The Bertz CT molecular complexity index is 1010. The summed E-state index contributed by atoms with van der Waals surface area (Å²) in [5.41, 5.74) is 1.30. The van der Waals surface area contributed by atoms with E-state index in [-0.39, 0.29) is 11.7 Å². The van der Waals surface area contributed by atoms with E-state index in [1.165, 1.54) is 6.20 Å². The summed E-state index contributed by atoms with van der Waals surface area (Å²) in [5, 5.41) is 4.19. The molecule has 3 aromatic rings. The molecular weight excluding hydrogens is 371 g/mol. The fourth-order valence-electron chi connectivity index (χ4n) is 3.26. The molecule has 0 bridgehead atoms. The van der Waals surface area contributed by atoms with Gasteiger partial charge in [0, 0.05) is 36.9 Å². The number of likely N-dealkylation sites (tertiary alicyclic amines) is 1. The highest BCUT2D eigenvalue weighted by Gasteiger charge is 2.26. The van der Waals surface area contributed by atoms with Crippen LogP contribution in [-0.4, -0.2) is 50.4 Å². The number of rotatable bonds is 3. The maximum Gasteiger partial charge on any atom is 0.244 e. The molecule has 1 saturated heterocycles. The van der Waals surface area contributed by atoms with E-state index in [0.717, 1.165) is 24.4 Å². The monoisotopic (exact) mass is 388 g/mol. The smallest absolute Gasteiger partial charge is 0.244 e. The Morgan fingerprint density at radius 2 is 2.19 bits per heavy atom. The number of amides is 1. The number of anilines is 1. The van der Waals surface area contributed by atoms with Crippen molar-refractivity contribution in [3.05, 3.63) is 35.5 Å². The molecule has 1 amide bonds. The van der Waals surface area contributed by atoms with E-state index >= 15 is 0 Å². The van der Waals surface area contributed by atoms with E-state index in [4.69, 9.17) is 11.6 Å². The second kappa shape index (κ2) is 7.11. The van der Waals surface area contributed by atoms with Crippen molar-refractivity contribution in [2.75, 3.05) is 18.9 Å². The summed E-state index contributed by atoms with van der Waals surface area (Å²) >= 11 is 6.03. The first kappa shape index (κ1) is 17.7. The largest absolute Gasteiger partial charge is 0.356 e. The molecule has 27 heavy (non-hydrogen) atoms. The number of aromatic nitrogens is 4. The predicted octanol–water partition coefficient (Wildman–Crippen LogP) is 3.24. The minimum atomic E-state index is -0.602. The van der Waals surface area contributed by atoms with Crippen LogP contribution in [0.5, 0.6) is 0 Å². The van der Waals surface area contributed by atoms with Crippen molar-refractivity contribution in [1.82, 2.24) is 24.8 Å². The lowest BCUT2D eigenvalue weighted by molar-refractivity contribution is -0.130. The molecule has 0 saturated carbocycles. The molecule has 1 fully saturated rings. The number of pyridine rings is 1. The third-order valence-electron chi connectivity index (χ3n) is 4.70. The van der Waals surface area contributed by atoms with Crippen LogP contribution in [-0.2, 0) is 4.79 Å². The molecule has 4 rings (SSSR count). The van der Waals surface area contributed by atoms with Crippen molar-refractivity contribution in [1.29, 1.82) is 0 Å². The first-order valence-corrected chi connectivity index (χ1v) is 9.08. The molecule has 9 heteroatoms. The van der Waals surface area contributed by atoms with Gasteiger partial charge in [-0.1, -0.05) is 11.6 Å². The molecule has 2 N–H and O–H groups in total. The molecule has 0 aliphatic carbocycles. The fraction of sp³-hybridized carbons (Fsp3) is 0.333. The van der Waals surface area contributed by atoms with E-state index in [1.807, 2.05) is 0 Å².